The van der Waals surface area contributed by atoms with Gasteiger partial charge in [0.15, 0.2) is 10.8 Å². The predicted molar refractivity (Wildman–Crippen MR) is 44.1 cm³/mol. The zero-order valence-electron chi connectivity index (χ0n) is 5.03. The smallest absolute Gasteiger partial charge is 0.159 e. The average Bonchev–Trinajstić information content (AvgIpc) is 2.27. The number of nitrogens with one attached hydrogen (secondary N) is 1. The van der Waals surface area contributed by atoms with Crippen LogP contribution < -0.4 is 4.72 Å². The molecule has 2 nitrogen and oxygen atoms in total. The number of hydrogen-bond acceptors (Lipinski definition) is 3. The summed E-state index contributed by atoms with van der Waals surface area (Å²) in [5.74, 6) is 0. The van der Waals surface area contributed by atoms with Gasteiger partial charge in [-0.05, 0) is 12.1 Å². The minimum Gasteiger partial charge on any atom is -0.581 e. The summed E-state index contributed by atoms with van der Waals surface area (Å²) in [4.78, 5) is 1.07. The number of benzene rings is 1. The lowest BCUT2D eigenvalue weighted by molar-refractivity contribution is 0.614. The van der Waals surface area contributed by atoms with Gasteiger partial charge in [0.05, 0.1) is 4.90 Å². The topological polar surface area (TPSA) is 35.1 Å². The standard InChI is InChI=1S/C6H5NOS2/c8-10-7-5-3-1-2-4-6(5)9-10/h1-4,7H. The van der Waals surface area contributed by atoms with E-state index in [4.69, 9.17) is 0 Å². The zero-order chi connectivity index (χ0) is 6.97. The second-order valence-electron chi connectivity index (χ2n) is 1.92. The van der Waals surface area contributed by atoms with Gasteiger partial charge in [-0.3, -0.25) is 0 Å². The Labute approximate surface area is 65.7 Å². The molecule has 1 atom stereocenters. The van der Waals surface area contributed by atoms with E-state index >= 15 is 0 Å². The number of para-hydroxylation sites is 1. The fourth-order valence-corrected chi connectivity index (χ4v) is 3.11. The zero-order valence-corrected chi connectivity index (χ0v) is 6.67. The molecule has 0 radical (unpaired) electrons. The Morgan fingerprint density at radius 1 is 1.40 bits per heavy atom. The van der Waals surface area contributed by atoms with Crippen molar-refractivity contribution in [3.05, 3.63) is 24.3 Å². The molecule has 0 fully saturated rings. The molecule has 1 aromatic carbocycles. The second-order valence-corrected chi connectivity index (χ2v) is 4.60. The average molecular weight is 171 g/mol. The first-order valence-electron chi connectivity index (χ1n) is 2.82. The van der Waals surface area contributed by atoms with Crippen LogP contribution in [0.15, 0.2) is 29.2 Å². The fourth-order valence-electron chi connectivity index (χ4n) is 0.816. The van der Waals surface area contributed by atoms with E-state index in [0.29, 0.717) is 0 Å². The quantitative estimate of drug-likeness (QED) is 0.477. The maximum absolute atomic E-state index is 10.9. The Hall–Kier alpha value is -0.320. The summed E-state index contributed by atoms with van der Waals surface area (Å²) in [6.45, 7) is 0. The Morgan fingerprint density at radius 2 is 2.20 bits per heavy atom. The molecule has 1 heterocycles. The molecule has 52 valence electrons. The summed E-state index contributed by atoms with van der Waals surface area (Å²) < 4.78 is 13.7. The number of anilines is 1. The maximum Gasteiger partial charge on any atom is 0.159 e. The highest BCUT2D eigenvalue weighted by Crippen LogP contribution is 2.38. The lowest BCUT2D eigenvalue weighted by Gasteiger charge is -1.95. The summed E-state index contributed by atoms with van der Waals surface area (Å²) in [5, 5.41) is 0. The summed E-state index contributed by atoms with van der Waals surface area (Å²) in [6, 6.07) is 7.75. The van der Waals surface area contributed by atoms with Gasteiger partial charge in [-0.2, -0.15) is 4.72 Å². The first kappa shape index (κ1) is 6.39. The van der Waals surface area contributed by atoms with Crippen LogP contribution in [0.5, 0.6) is 0 Å². The molecular weight excluding hydrogens is 166 g/mol. The van der Waals surface area contributed by atoms with E-state index in [-0.39, 0.29) is 0 Å². The molecule has 1 N–H and O–H groups in total. The van der Waals surface area contributed by atoms with Crippen LogP contribution in [0, 0.1) is 0 Å². The van der Waals surface area contributed by atoms with Gasteiger partial charge in [-0.1, -0.05) is 12.1 Å². The number of fused-ring (bicyclic) bond motifs is 1. The molecule has 2 rings (SSSR count). The fraction of sp³-hybridized carbons (Fsp3) is 0. The molecule has 0 amide bonds. The third-order valence-corrected chi connectivity index (χ3v) is 3.56. The Kier molecular flexibility index (Phi) is 1.52. The first-order valence-corrected chi connectivity index (χ1v) is 5.30. The van der Waals surface area contributed by atoms with Crippen LogP contribution in [0.2, 0.25) is 0 Å². The maximum atomic E-state index is 10.9. The van der Waals surface area contributed by atoms with E-state index in [1.54, 1.807) is 0 Å². The Morgan fingerprint density at radius 3 is 3.00 bits per heavy atom. The van der Waals surface area contributed by atoms with Gasteiger partial charge in [-0.15, -0.1) is 0 Å². The minimum absolute atomic E-state index is 0.953. The molecule has 0 saturated heterocycles. The van der Waals surface area contributed by atoms with Crippen molar-refractivity contribution in [1.82, 2.24) is 0 Å². The van der Waals surface area contributed by atoms with Crippen molar-refractivity contribution in [2.45, 2.75) is 4.90 Å². The predicted octanol–water partition coefficient (Wildman–Crippen LogP) is 1.78. The van der Waals surface area contributed by atoms with Crippen molar-refractivity contribution >= 4 is 26.9 Å². The van der Waals surface area contributed by atoms with E-state index in [2.05, 4.69) is 4.72 Å². The molecule has 0 aliphatic carbocycles. The molecule has 1 aromatic rings. The monoisotopic (exact) mass is 171 g/mol. The van der Waals surface area contributed by atoms with E-state index in [9.17, 15) is 4.55 Å². The second kappa shape index (κ2) is 2.38. The highest BCUT2D eigenvalue weighted by molar-refractivity contribution is 8.73. The van der Waals surface area contributed by atoms with Crippen molar-refractivity contribution in [2.75, 3.05) is 4.72 Å². The molecule has 0 spiro atoms. The summed E-state index contributed by atoms with van der Waals surface area (Å²) >= 11 is 0. The number of hydrogen-bond donors (Lipinski definition) is 1. The molecule has 1 unspecified atom stereocenters. The van der Waals surface area contributed by atoms with E-state index < -0.39 is 10.4 Å². The highest BCUT2D eigenvalue weighted by Gasteiger charge is 2.23. The normalized spacial score (nSPS) is 21.9. The number of rotatable bonds is 0. The van der Waals surface area contributed by atoms with Crippen LogP contribution in [0.25, 0.3) is 0 Å². The first-order chi connectivity index (χ1) is 4.86. The molecule has 4 heteroatoms. The van der Waals surface area contributed by atoms with Crippen LogP contribution in [-0.4, -0.2) is 4.55 Å². The Balaban J connectivity index is 2.42. The molecule has 1 aliphatic heterocycles. The van der Waals surface area contributed by atoms with Crippen LogP contribution in [0.3, 0.4) is 0 Å². The molecule has 1 aliphatic rings. The van der Waals surface area contributed by atoms with Crippen molar-refractivity contribution in [2.24, 2.45) is 0 Å². The largest absolute Gasteiger partial charge is 0.581 e. The minimum atomic E-state index is -0.953. The summed E-state index contributed by atoms with van der Waals surface area (Å²) in [6.07, 6.45) is 0. The van der Waals surface area contributed by atoms with Crippen molar-refractivity contribution in [3.63, 3.8) is 0 Å². The molecule has 0 bridgehead atoms. The van der Waals surface area contributed by atoms with Crippen molar-refractivity contribution in [1.29, 1.82) is 0 Å². The lowest BCUT2D eigenvalue weighted by atomic mass is 10.3. The Bertz CT molecular complexity index is 228. The van der Waals surface area contributed by atoms with E-state index in [1.807, 2.05) is 24.3 Å². The van der Waals surface area contributed by atoms with Gasteiger partial charge in [0, 0.05) is 0 Å². The van der Waals surface area contributed by atoms with Crippen molar-refractivity contribution in [3.8, 4) is 0 Å². The molecule has 10 heavy (non-hydrogen) atoms. The van der Waals surface area contributed by atoms with Crippen LogP contribution in [-0.2, 0) is 10.4 Å². The molecule has 0 aromatic heterocycles. The van der Waals surface area contributed by atoms with Crippen LogP contribution in [0.4, 0.5) is 5.69 Å². The van der Waals surface area contributed by atoms with E-state index in [0.717, 1.165) is 10.6 Å². The van der Waals surface area contributed by atoms with Gasteiger partial charge < -0.3 is 4.55 Å². The molecular formula is C6H5NOS2. The van der Waals surface area contributed by atoms with Gasteiger partial charge in [0.1, 0.15) is 16.1 Å². The van der Waals surface area contributed by atoms with Gasteiger partial charge in [0.25, 0.3) is 0 Å². The van der Waals surface area contributed by atoms with Gasteiger partial charge in [-0.25, -0.2) is 0 Å². The highest BCUT2D eigenvalue weighted by atomic mass is 33.1. The molecule has 0 saturated carbocycles. The lowest BCUT2D eigenvalue weighted by Crippen LogP contribution is -1.99. The van der Waals surface area contributed by atoms with Gasteiger partial charge in [0.2, 0.25) is 0 Å². The third-order valence-electron chi connectivity index (χ3n) is 1.25. The van der Waals surface area contributed by atoms with E-state index in [1.165, 1.54) is 10.8 Å². The van der Waals surface area contributed by atoms with Crippen LogP contribution in [0.1, 0.15) is 0 Å². The summed E-state index contributed by atoms with van der Waals surface area (Å²) in [5.41, 5.74) is 0.978. The van der Waals surface area contributed by atoms with Crippen LogP contribution >= 0.6 is 10.8 Å². The summed E-state index contributed by atoms with van der Waals surface area (Å²) in [7, 11) is 0.399. The third kappa shape index (κ3) is 0.982. The van der Waals surface area contributed by atoms with Gasteiger partial charge >= 0.3 is 0 Å². The van der Waals surface area contributed by atoms with Crippen molar-refractivity contribution < 1.29 is 4.55 Å². The SMILES string of the molecule is [O-][S+]1Nc2ccccc2S1.